The van der Waals surface area contributed by atoms with Crippen LogP contribution in [0.5, 0.6) is 0 Å². The highest BCUT2D eigenvalue weighted by Gasteiger charge is 2.18. The van der Waals surface area contributed by atoms with Crippen molar-refractivity contribution in [1.82, 2.24) is 5.32 Å². The molecule has 0 fully saturated rings. The van der Waals surface area contributed by atoms with E-state index in [1.807, 2.05) is 0 Å². The second-order valence-corrected chi connectivity index (χ2v) is 7.08. The van der Waals surface area contributed by atoms with E-state index >= 15 is 0 Å². The van der Waals surface area contributed by atoms with Gasteiger partial charge in [-0.3, -0.25) is 9.59 Å². The molecule has 0 aliphatic rings. The third kappa shape index (κ3) is 5.56. The van der Waals surface area contributed by atoms with E-state index in [1.165, 1.54) is 29.2 Å². The van der Waals surface area contributed by atoms with Crippen LogP contribution in [0.2, 0.25) is 10.0 Å². The van der Waals surface area contributed by atoms with Crippen molar-refractivity contribution >= 4 is 40.7 Å². The van der Waals surface area contributed by atoms with Crippen molar-refractivity contribution < 1.29 is 14.0 Å². The number of rotatable bonds is 6. The van der Waals surface area contributed by atoms with Gasteiger partial charge in [0.25, 0.3) is 11.8 Å². The predicted octanol–water partition coefficient (Wildman–Crippen LogP) is 5.21. The molecule has 4 nitrogen and oxygen atoms in total. The summed E-state index contributed by atoms with van der Waals surface area (Å²) in [6, 6.07) is 18.6. The SMILES string of the molecule is O=C(NCCN(C(=O)c1ccc(Cl)cc1)c1ccc(F)cc1)c1ccc(Cl)cc1. The van der Waals surface area contributed by atoms with Crippen LogP contribution >= 0.6 is 23.2 Å². The summed E-state index contributed by atoms with van der Waals surface area (Å²) in [5.74, 6) is -0.961. The van der Waals surface area contributed by atoms with E-state index in [4.69, 9.17) is 23.2 Å². The highest BCUT2D eigenvalue weighted by molar-refractivity contribution is 6.31. The molecule has 0 unspecified atom stereocenters. The number of carbonyl (C=O) groups excluding carboxylic acids is 2. The van der Waals surface area contributed by atoms with Gasteiger partial charge in [-0.05, 0) is 72.8 Å². The number of anilines is 1. The first-order chi connectivity index (χ1) is 13.9. The zero-order valence-electron chi connectivity index (χ0n) is 15.2. The molecule has 0 saturated carbocycles. The molecule has 0 heterocycles. The van der Waals surface area contributed by atoms with E-state index in [-0.39, 0.29) is 24.9 Å². The van der Waals surface area contributed by atoms with Gasteiger partial charge in [-0.25, -0.2) is 4.39 Å². The number of amides is 2. The topological polar surface area (TPSA) is 49.4 Å². The minimum absolute atomic E-state index is 0.201. The van der Waals surface area contributed by atoms with E-state index < -0.39 is 5.82 Å². The highest BCUT2D eigenvalue weighted by Crippen LogP contribution is 2.19. The molecular weight excluding hydrogens is 414 g/mol. The van der Waals surface area contributed by atoms with Gasteiger partial charge in [0, 0.05) is 39.9 Å². The summed E-state index contributed by atoms with van der Waals surface area (Å²) in [6.45, 7) is 0.407. The summed E-state index contributed by atoms with van der Waals surface area (Å²) in [6.07, 6.45) is 0. The Morgan fingerprint density at radius 3 is 1.86 bits per heavy atom. The van der Waals surface area contributed by atoms with Crippen LogP contribution in [-0.2, 0) is 0 Å². The molecule has 0 bridgehead atoms. The van der Waals surface area contributed by atoms with Crippen LogP contribution in [0.15, 0.2) is 72.8 Å². The quantitative estimate of drug-likeness (QED) is 0.583. The summed E-state index contributed by atoms with van der Waals surface area (Å²) in [5.41, 5.74) is 1.42. The van der Waals surface area contributed by atoms with Crippen molar-refractivity contribution in [3.63, 3.8) is 0 Å². The van der Waals surface area contributed by atoms with E-state index in [0.717, 1.165) is 0 Å². The Kier molecular flexibility index (Phi) is 6.86. The predicted molar refractivity (Wildman–Crippen MR) is 113 cm³/mol. The fourth-order valence-electron chi connectivity index (χ4n) is 2.70. The van der Waals surface area contributed by atoms with Gasteiger partial charge in [0.2, 0.25) is 0 Å². The molecule has 3 aromatic rings. The van der Waals surface area contributed by atoms with Crippen molar-refractivity contribution in [2.75, 3.05) is 18.0 Å². The fourth-order valence-corrected chi connectivity index (χ4v) is 2.95. The normalized spacial score (nSPS) is 10.4. The van der Waals surface area contributed by atoms with E-state index in [0.29, 0.717) is 26.9 Å². The smallest absolute Gasteiger partial charge is 0.258 e. The Morgan fingerprint density at radius 1 is 0.793 bits per heavy atom. The molecule has 0 aromatic heterocycles. The number of hydrogen-bond acceptors (Lipinski definition) is 2. The number of nitrogens with one attached hydrogen (secondary N) is 1. The largest absolute Gasteiger partial charge is 0.350 e. The van der Waals surface area contributed by atoms with Crippen LogP contribution in [0.25, 0.3) is 0 Å². The van der Waals surface area contributed by atoms with Crippen molar-refractivity contribution in [2.45, 2.75) is 0 Å². The molecule has 29 heavy (non-hydrogen) atoms. The maximum Gasteiger partial charge on any atom is 0.258 e. The lowest BCUT2D eigenvalue weighted by Crippen LogP contribution is -2.38. The molecule has 2 amide bonds. The van der Waals surface area contributed by atoms with E-state index in [2.05, 4.69) is 5.32 Å². The summed E-state index contributed by atoms with van der Waals surface area (Å²) in [5, 5.41) is 3.83. The monoisotopic (exact) mass is 430 g/mol. The average Bonchev–Trinajstić information content (AvgIpc) is 2.72. The van der Waals surface area contributed by atoms with Crippen LogP contribution < -0.4 is 10.2 Å². The maximum absolute atomic E-state index is 13.3. The number of hydrogen-bond donors (Lipinski definition) is 1. The first kappa shape index (κ1) is 20.8. The Bertz CT molecular complexity index is 991. The van der Waals surface area contributed by atoms with Gasteiger partial charge in [-0.1, -0.05) is 23.2 Å². The summed E-state index contributed by atoms with van der Waals surface area (Å²) in [7, 11) is 0. The zero-order valence-corrected chi connectivity index (χ0v) is 16.8. The van der Waals surface area contributed by atoms with Crippen LogP contribution in [0.3, 0.4) is 0 Å². The zero-order chi connectivity index (χ0) is 20.8. The van der Waals surface area contributed by atoms with Gasteiger partial charge in [0.15, 0.2) is 0 Å². The lowest BCUT2D eigenvalue weighted by molar-refractivity contribution is 0.0943. The minimum Gasteiger partial charge on any atom is -0.350 e. The molecule has 148 valence electrons. The Hall–Kier alpha value is -2.89. The molecule has 0 atom stereocenters. The average molecular weight is 431 g/mol. The van der Waals surface area contributed by atoms with Crippen LogP contribution in [0.4, 0.5) is 10.1 Å². The van der Waals surface area contributed by atoms with Crippen LogP contribution in [0.1, 0.15) is 20.7 Å². The molecule has 3 rings (SSSR count). The standard InChI is InChI=1S/C22H17Cl2FN2O2/c23-17-5-1-15(2-6-17)21(28)26-13-14-27(20-11-9-19(25)10-12-20)22(29)16-3-7-18(24)8-4-16/h1-12H,13-14H2,(H,26,28). The minimum atomic E-state index is -0.399. The molecular formula is C22H17Cl2FN2O2. The fraction of sp³-hybridized carbons (Fsp3) is 0.0909. The van der Waals surface area contributed by atoms with Crippen LogP contribution in [-0.4, -0.2) is 24.9 Å². The van der Waals surface area contributed by atoms with Crippen molar-refractivity contribution in [1.29, 1.82) is 0 Å². The lowest BCUT2D eigenvalue weighted by Gasteiger charge is -2.23. The Morgan fingerprint density at radius 2 is 1.31 bits per heavy atom. The summed E-state index contributed by atoms with van der Waals surface area (Å²) < 4.78 is 13.3. The number of halogens is 3. The van der Waals surface area contributed by atoms with Gasteiger partial charge in [0.05, 0.1) is 0 Å². The third-order valence-electron chi connectivity index (χ3n) is 4.20. The van der Waals surface area contributed by atoms with E-state index in [9.17, 15) is 14.0 Å². The van der Waals surface area contributed by atoms with Crippen molar-refractivity contribution in [3.05, 3.63) is 99.8 Å². The highest BCUT2D eigenvalue weighted by atomic mass is 35.5. The van der Waals surface area contributed by atoms with Gasteiger partial charge in [-0.15, -0.1) is 0 Å². The summed E-state index contributed by atoms with van der Waals surface area (Å²) >= 11 is 11.7. The van der Waals surface area contributed by atoms with Crippen LogP contribution in [0, 0.1) is 5.82 Å². The van der Waals surface area contributed by atoms with Crippen molar-refractivity contribution in [3.8, 4) is 0 Å². The molecule has 0 spiro atoms. The second-order valence-electron chi connectivity index (χ2n) is 6.20. The first-order valence-corrected chi connectivity index (χ1v) is 9.56. The van der Waals surface area contributed by atoms with Crippen molar-refractivity contribution in [2.24, 2.45) is 0 Å². The molecule has 3 aromatic carbocycles. The second kappa shape index (κ2) is 9.54. The lowest BCUT2D eigenvalue weighted by atomic mass is 10.1. The Labute approximate surface area is 177 Å². The van der Waals surface area contributed by atoms with Gasteiger partial charge in [0.1, 0.15) is 5.82 Å². The maximum atomic E-state index is 13.3. The molecule has 0 saturated heterocycles. The van der Waals surface area contributed by atoms with Gasteiger partial charge >= 0.3 is 0 Å². The van der Waals surface area contributed by atoms with E-state index in [1.54, 1.807) is 48.5 Å². The molecule has 7 heteroatoms. The number of carbonyl (C=O) groups is 2. The molecule has 1 N–H and O–H groups in total. The molecule has 0 aliphatic carbocycles. The molecule has 0 radical (unpaired) electrons. The van der Waals surface area contributed by atoms with Gasteiger partial charge in [-0.2, -0.15) is 0 Å². The summed E-state index contributed by atoms with van der Waals surface area (Å²) in [4.78, 5) is 26.7. The third-order valence-corrected chi connectivity index (χ3v) is 4.71. The first-order valence-electron chi connectivity index (χ1n) is 8.81. The molecule has 0 aliphatic heterocycles. The Balaban J connectivity index is 1.73. The van der Waals surface area contributed by atoms with Gasteiger partial charge < -0.3 is 10.2 Å². The number of nitrogens with zero attached hydrogens (tertiary/aromatic N) is 1. The number of benzene rings is 3.